The number of nitrogens with two attached hydrogens (primary N) is 1. The summed E-state index contributed by atoms with van der Waals surface area (Å²) < 4.78 is 0. The van der Waals surface area contributed by atoms with Crippen molar-refractivity contribution < 1.29 is 39.3 Å². The zero-order chi connectivity index (χ0) is 27.7. The van der Waals surface area contributed by atoms with E-state index in [9.17, 15) is 39.3 Å². The molecule has 0 saturated heterocycles. The normalized spacial score (nSPS) is 34.5. The molecular formula is C28H28N2O8. The summed E-state index contributed by atoms with van der Waals surface area (Å²) in [6.07, 6.45) is -1.41. The standard InChI is InChI=1S/C28H28N2O8/c1-30(2)21-20-23(33)17-14(11-12-7-4-3-5-8-12)13-9-6-10-15(31)16(13)22(32)18(17)25(35)28(20,38)26(36)19(24(21)34)27(29)37/h3-10,14,17-21,23,31,33,38H,11H2,1-2H3,(H2,29,37)/t14?,17-,18?,19?,20-,21+,23+,28+/m0/s1. The smallest absolute Gasteiger partial charge is 0.235 e. The van der Waals surface area contributed by atoms with Crippen LogP contribution in [0.5, 0.6) is 5.75 Å². The topological polar surface area (TPSA) is 175 Å². The maximum Gasteiger partial charge on any atom is 0.235 e. The quantitative estimate of drug-likeness (QED) is 0.392. The first kappa shape index (κ1) is 25.9. The number of Topliss-reactive ketones (excluding diaryl/α,β-unsaturated/α-hetero) is 4. The number of carbonyl (C=O) groups is 5. The summed E-state index contributed by atoms with van der Waals surface area (Å²) in [5.41, 5.74) is 3.45. The fourth-order valence-corrected chi connectivity index (χ4v) is 6.88. The van der Waals surface area contributed by atoms with Gasteiger partial charge in [-0.1, -0.05) is 42.5 Å². The number of aromatic hydroxyl groups is 1. The Hall–Kier alpha value is -3.73. The average molecular weight is 521 g/mol. The Labute approximate surface area is 218 Å². The number of rotatable bonds is 4. The fraction of sp³-hybridized carbons (Fsp3) is 0.393. The highest BCUT2D eigenvalue weighted by Crippen LogP contribution is 2.55. The van der Waals surface area contributed by atoms with Gasteiger partial charge in [0, 0.05) is 5.92 Å². The van der Waals surface area contributed by atoms with Crippen LogP contribution in [0.2, 0.25) is 0 Å². The first-order valence-electron chi connectivity index (χ1n) is 12.3. The highest BCUT2D eigenvalue weighted by Gasteiger charge is 2.73. The van der Waals surface area contributed by atoms with Gasteiger partial charge in [0.1, 0.15) is 5.75 Å². The number of amides is 1. The van der Waals surface area contributed by atoms with E-state index in [4.69, 9.17) is 5.73 Å². The number of hydrogen-bond acceptors (Lipinski definition) is 9. The first-order chi connectivity index (χ1) is 17.9. The summed E-state index contributed by atoms with van der Waals surface area (Å²) in [5, 5.41) is 34.2. The Morgan fingerprint density at radius 2 is 1.66 bits per heavy atom. The predicted octanol–water partition coefficient (Wildman–Crippen LogP) is -0.378. The molecule has 38 heavy (non-hydrogen) atoms. The Morgan fingerprint density at radius 1 is 1.00 bits per heavy atom. The molecule has 0 heterocycles. The molecule has 3 aliphatic rings. The summed E-state index contributed by atoms with van der Waals surface area (Å²) in [6.45, 7) is 0. The molecule has 2 saturated carbocycles. The van der Waals surface area contributed by atoms with Gasteiger partial charge in [0.05, 0.1) is 29.5 Å². The molecule has 5 N–H and O–H groups in total. The molecule has 1 amide bonds. The van der Waals surface area contributed by atoms with Gasteiger partial charge in [-0.05, 0) is 43.6 Å². The van der Waals surface area contributed by atoms with E-state index in [1.807, 2.05) is 30.3 Å². The van der Waals surface area contributed by atoms with E-state index in [1.54, 1.807) is 12.1 Å². The molecule has 0 radical (unpaired) electrons. The van der Waals surface area contributed by atoms with Crippen molar-refractivity contribution >= 4 is 29.0 Å². The lowest BCUT2D eigenvalue weighted by Crippen LogP contribution is -2.77. The van der Waals surface area contributed by atoms with E-state index in [0.29, 0.717) is 5.56 Å². The Morgan fingerprint density at radius 3 is 2.26 bits per heavy atom. The fourth-order valence-electron chi connectivity index (χ4n) is 6.88. The number of aliphatic hydroxyl groups is 2. The van der Waals surface area contributed by atoms with Gasteiger partial charge in [0.15, 0.2) is 34.7 Å². The Bertz CT molecular complexity index is 1370. The van der Waals surface area contributed by atoms with Crippen molar-refractivity contribution in [2.24, 2.45) is 29.4 Å². The zero-order valence-corrected chi connectivity index (χ0v) is 20.8. The molecule has 2 fully saturated rings. The van der Waals surface area contributed by atoms with Crippen LogP contribution in [0, 0.1) is 23.7 Å². The number of hydrogen-bond donors (Lipinski definition) is 4. The maximum atomic E-state index is 14.1. The maximum absolute atomic E-state index is 14.1. The summed E-state index contributed by atoms with van der Waals surface area (Å²) in [6, 6.07) is 12.2. The van der Waals surface area contributed by atoms with E-state index < -0.39 is 76.4 Å². The molecule has 10 nitrogen and oxygen atoms in total. The second-order valence-electron chi connectivity index (χ2n) is 10.6. The second kappa shape index (κ2) is 8.93. The van der Waals surface area contributed by atoms with Gasteiger partial charge in [-0.25, -0.2) is 0 Å². The Kier molecular flexibility index (Phi) is 6.09. The Balaban J connectivity index is 1.74. The molecule has 2 aromatic rings. The van der Waals surface area contributed by atoms with Crippen LogP contribution in [-0.4, -0.2) is 81.1 Å². The van der Waals surface area contributed by atoms with Crippen molar-refractivity contribution in [3.05, 3.63) is 65.2 Å². The molecule has 0 spiro atoms. The minimum absolute atomic E-state index is 0.118. The molecular weight excluding hydrogens is 492 g/mol. The highest BCUT2D eigenvalue weighted by atomic mass is 16.3. The molecule has 2 aromatic carbocycles. The minimum atomic E-state index is -3.02. The van der Waals surface area contributed by atoms with Crippen molar-refractivity contribution in [3.8, 4) is 5.75 Å². The molecule has 0 bridgehead atoms. The van der Waals surface area contributed by atoms with Gasteiger partial charge in [0.2, 0.25) is 5.91 Å². The number of primary amides is 1. The summed E-state index contributed by atoms with van der Waals surface area (Å²) in [5.74, 6) is -13.4. The molecule has 3 unspecified atom stereocenters. The summed E-state index contributed by atoms with van der Waals surface area (Å²) in [7, 11) is 2.92. The molecule has 8 atom stereocenters. The number of likely N-dealkylation sites (N-methyl/N-ethyl adjacent to an activating group) is 1. The van der Waals surface area contributed by atoms with E-state index in [2.05, 4.69) is 0 Å². The van der Waals surface area contributed by atoms with E-state index >= 15 is 0 Å². The molecule has 5 rings (SSSR count). The number of aliphatic hydroxyl groups excluding tert-OH is 1. The third kappa shape index (κ3) is 3.40. The molecule has 3 aliphatic carbocycles. The van der Waals surface area contributed by atoms with E-state index in [0.717, 1.165) is 5.56 Å². The first-order valence-corrected chi connectivity index (χ1v) is 12.3. The predicted molar refractivity (Wildman–Crippen MR) is 132 cm³/mol. The van der Waals surface area contributed by atoms with E-state index in [-0.39, 0.29) is 17.7 Å². The highest BCUT2D eigenvalue weighted by molar-refractivity contribution is 6.32. The van der Waals surface area contributed by atoms with Crippen LogP contribution in [0.3, 0.4) is 0 Å². The van der Waals surface area contributed by atoms with Crippen molar-refractivity contribution in [2.45, 2.75) is 30.1 Å². The summed E-state index contributed by atoms with van der Waals surface area (Å²) >= 11 is 0. The van der Waals surface area contributed by atoms with E-state index in [1.165, 1.54) is 25.1 Å². The SMILES string of the molecule is CN(C)[C@H]1C(=O)C(C(N)=O)C(=O)[C@]2(O)C(=O)C3C(=O)c4c(O)cccc4C(Cc4ccccc4)[C@@H]3[C@@H](O)[C@H]12. The van der Waals surface area contributed by atoms with Crippen molar-refractivity contribution in [1.29, 1.82) is 0 Å². The molecule has 0 aromatic heterocycles. The van der Waals surface area contributed by atoms with Gasteiger partial charge >= 0.3 is 0 Å². The van der Waals surface area contributed by atoms with Crippen LogP contribution in [0.25, 0.3) is 0 Å². The minimum Gasteiger partial charge on any atom is -0.507 e. The third-order valence-electron chi connectivity index (χ3n) is 8.45. The van der Waals surface area contributed by atoms with Crippen molar-refractivity contribution in [3.63, 3.8) is 0 Å². The second-order valence-corrected chi connectivity index (χ2v) is 10.6. The van der Waals surface area contributed by atoms with Gasteiger partial charge in [-0.15, -0.1) is 0 Å². The number of ketones is 4. The van der Waals surface area contributed by atoms with Gasteiger partial charge < -0.3 is 21.1 Å². The number of phenolic OH excluding ortho intramolecular Hbond substituents is 1. The zero-order valence-electron chi connectivity index (χ0n) is 20.8. The van der Waals surface area contributed by atoms with Crippen LogP contribution in [-0.2, 0) is 25.6 Å². The number of carbonyl (C=O) groups excluding carboxylic acids is 5. The number of nitrogens with zero attached hydrogens (tertiary/aromatic N) is 1. The lowest BCUT2D eigenvalue weighted by molar-refractivity contribution is -0.197. The lowest BCUT2D eigenvalue weighted by Gasteiger charge is -2.56. The van der Waals surface area contributed by atoms with Gasteiger partial charge in [0.25, 0.3) is 0 Å². The van der Waals surface area contributed by atoms with Crippen LogP contribution in [0.1, 0.15) is 27.4 Å². The molecule has 0 aliphatic heterocycles. The largest absolute Gasteiger partial charge is 0.507 e. The van der Waals surface area contributed by atoms with Gasteiger partial charge in [-0.3, -0.25) is 28.9 Å². The number of fused-ring (bicyclic) bond motifs is 3. The molecule has 10 heteroatoms. The summed E-state index contributed by atoms with van der Waals surface area (Å²) in [4.78, 5) is 68.1. The molecule has 198 valence electrons. The van der Waals surface area contributed by atoms with Crippen molar-refractivity contribution in [1.82, 2.24) is 4.90 Å². The number of phenols is 1. The van der Waals surface area contributed by atoms with Crippen LogP contribution >= 0.6 is 0 Å². The number of benzene rings is 2. The van der Waals surface area contributed by atoms with Crippen LogP contribution in [0.15, 0.2) is 48.5 Å². The third-order valence-corrected chi connectivity index (χ3v) is 8.45. The average Bonchev–Trinajstić information content (AvgIpc) is 2.86. The monoisotopic (exact) mass is 520 g/mol. The van der Waals surface area contributed by atoms with Gasteiger partial charge in [-0.2, -0.15) is 0 Å². The van der Waals surface area contributed by atoms with Crippen LogP contribution < -0.4 is 5.73 Å². The lowest BCUT2D eigenvalue weighted by atomic mass is 9.49. The van der Waals surface area contributed by atoms with Crippen LogP contribution in [0.4, 0.5) is 0 Å². The van der Waals surface area contributed by atoms with Crippen molar-refractivity contribution in [2.75, 3.05) is 14.1 Å².